The summed E-state index contributed by atoms with van der Waals surface area (Å²) in [4.78, 5) is 0. The van der Waals surface area contributed by atoms with Crippen molar-refractivity contribution in [2.75, 3.05) is 0 Å². The van der Waals surface area contributed by atoms with E-state index in [0.29, 0.717) is 0 Å². The molecule has 1 aliphatic carbocycles. The number of hydrogen-bond acceptors (Lipinski definition) is 1. The Hall–Kier alpha value is -0.640. The average molecular weight is 277 g/mol. The zero-order valence-corrected chi connectivity index (χ0v) is 9.69. The van der Waals surface area contributed by atoms with Crippen LogP contribution in [-0.4, -0.2) is 6.10 Å². The van der Waals surface area contributed by atoms with Gasteiger partial charge in [-0.1, -0.05) is 0 Å². The van der Waals surface area contributed by atoms with Crippen molar-refractivity contribution in [3.63, 3.8) is 0 Å². The van der Waals surface area contributed by atoms with Gasteiger partial charge in [0.1, 0.15) is 0 Å². The highest BCUT2D eigenvalue weighted by atomic mass is 79.9. The van der Waals surface area contributed by atoms with Crippen LogP contribution in [0.2, 0.25) is 0 Å². The molecule has 0 bridgehead atoms. The monoisotopic (exact) mass is 276 g/mol. The van der Waals surface area contributed by atoms with E-state index in [9.17, 15) is 8.78 Å². The quantitative estimate of drug-likeness (QED) is 0.741. The summed E-state index contributed by atoms with van der Waals surface area (Å²) in [6, 6.07) is 2.55. The molecule has 0 heterocycles. The van der Waals surface area contributed by atoms with Crippen molar-refractivity contribution in [3.8, 4) is 5.75 Å². The van der Waals surface area contributed by atoms with Gasteiger partial charge in [0.2, 0.25) is 0 Å². The lowest BCUT2D eigenvalue weighted by Gasteiger charge is -2.14. The second-order valence-corrected chi connectivity index (χ2v) is 4.55. The van der Waals surface area contributed by atoms with Crippen LogP contribution in [-0.2, 0) is 0 Å². The molecule has 15 heavy (non-hydrogen) atoms. The lowest BCUT2D eigenvalue weighted by atomic mass is 10.3. The Morgan fingerprint density at radius 3 is 2.53 bits per heavy atom. The molecule has 1 aromatic rings. The fourth-order valence-corrected chi connectivity index (χ4v) is 2.10. The molecule has 0 aliphatic heterocycles. The van der Waals surface area contributed by atoms with Gasteiger partial charge in [0.05, 0.1) is 10.6 Å². The van der Waals surface area contributed by atoms with Gasteiger partial charge >= 0.3 is 0 Å². The fourth-order valence-electron chi connectivity index (χ4n) is 1.79. The Morgan fingerprint density at radius 1 is 1.20 bits per heavy atom. The largest absolute Gasteiger partial charge is 0.484 e. The first-order valence-electron chi connectivity index (χ1n) is 4.98. The van der Waals surface area contributed by atoms with E-state index in [1.807, 2.05) is 0 Å². The van der Waals surface area contributed by atoms with Crippen LogP contribution in [0.25, 0.3) is 0 Å². The predicted octanol–water partition coefficient (Wildman–Crippen LogP) is 4.05. The van der Waals surface area contributed by atoms with E-state index >= 15 is 0 Å². The minimum Gasteiger partial charge on any atom is -0.484 e. The van der Waals surface area contributed by atoms with Gasteiger partial charge in [-0.25, -0.2) is 8.78 Å². The molecular weight excluding hydrogens is 266 g/mol. The summed E-state index contributed by atoms with van der Waals surface area (Å²) in [6.07, 6.45) is 3.86. The van der Waals surface area contributed by atoms with Gasteiger partial charge < -0.3 is 4.74 Å². The van der Waals surface area contributed by atoms with Crippen molar-refractivity contribution in [1.29, 1.82) is 0 Å². The summed E-state index contributed by atoms with van der Waals surface area (Å²) in [5.74, 6) is -1.54. The van der Waals surface area contributed by atoms with E-state index in [2.05, 4.69) is 15.9 Å². The molecule has 1 saturated carbocycles. The van der Waals surface area contributed by atoms with Crippen LogP contribution in [0.15, 0.2) is 16.6 Å². The van der Waals surface area contributed by atoms with Crippen LogP contribution in [0.1, 0.15) is 25.7 Å². The summed E-state index contributed by atoms with van der Waals surface area (Å²) < 4.78 is 32.4. The number of rotatable bonds is 2. The van der Waals surface area contributed by atoms with Gasteiger partial charge in [-0.15, -0.1) is 0 Å². The van der Waals surface area contributed by atoms with Gasteiger partial charge in [-0.3, -0.25) is 0 Å². The Balaban J connectivity index is 2.22. The van der Waals surface area contributed by atoms with Gasteiger partial charge in [0.25, 0.3) is 0 Å². The third kappa shape index (κ3) is 2.30. The maximum absolute atomic E-state index is 13.5. The van der Waals surface area contributed by atoms with E-state index in [0.717, 1.165) is 25.7 Å². The van der Waals surface area contributed by atoms with Gasteiger partial charge in [0, 0.05) is 0 Å². The summed E-state index contributed by atoms with van der Waals surface area (Å²) in [5.41, 5.74) is 0. The second-order valence-electron chi connectivity index (χ2n) is 3.70. The van der Waals surface area contributed by atoms with E-state index < -0.39 is 11.6 Å². The Labute approximate surface area is 95.6 Å². The molecule has 0 amide bonds. The second kappa shape index (κ2) is 4.47. The van der Waals surface area contributed by atoms with E-state index in [-0.39, 0.29) is 16.3 Å². The van der Waals surface area contributed by atoms with Crippen molar-refractivity contribution in [1.82, 2.24) is 0 Å². The standard InChI is InChI=1S/C11H11BrF2O/c12-8-5-6-9(13)11(10(8)14)15-7-3-1-2-4-7/h5-7H,1-4H2. The first-order chi connectivity index (χ1) is 7.18. The van der Waals surface area contributed by atoms with E-state index in [4.69, 9.17) is 4.74 Å². The lowest BCUT2D eigenvalue weighted by Crippen LogP contribution is -2.13. The van der Waals surface area contributed by atoms with Crippen LogP contribution in [0.4, 0.5) is 8.78 Å². The average Bonchev–Trinajstić information content (AvgIpc) is 2.71. The van der Waals surface area contributed by atoms with Gasteiger partial charge in [-0.2, -0.15) is 0 Å². The molecule has 82 valence electrons. The fraction of sp³-hybridized carbons (Fsp3) is 0.455. The molecule has 0 spiro atoms. The Morgan fingerprint density at radius 2 is 1.87 bits per heavy atom. The van der Waals surface area contributed by atoms with Crippen LogP contribution >= 0.6 is 15.9 Å². The smallest absolute Gasteiger partial charge is 0.192 e. The summed E-state index contributed by atoms with van der Waals surface area (Å²) >= 11 is 3.01. The van der Waals surface area contributed by atoms with Crippen molar-refractivity contribution >= 4 is 15.9 Å². The number of ether oxygens (including phenoxy) is 1. The number of hydrogen-bond donors (Lipinski definition) is 0. The zero-order valence-electron chi connectivity index (χ0n) is 8.10. The maximum Gasteiger partial charge on any atom is 0.192 e. The van der Waals surface area contributed by atoms with Gasteiger partial charge in [0.15, 0.2) is 17.4 Å². The third-order valence-corrected chi connectivity index (χ3v) is 3.20. The molecule has 0 aromatic heterocycles. The molecule has 1 aromatic carbocycles. The maximum atomic E-state index is 13.5. The summed E-state index contributed by atoms with van der Waals surface area (Å²) in [6.45, 7) is 0. The topological polar surface area (TPSA) is 9.23 Å². The van der Waals surface area contributed by atoms with E-state index in [1.54, 1.807) is 0 Å². The first kappa shape index (κ1) is 10.9. The molecule has 0 radical (unpaired) electrons. The van der Waals surface area contributed by atoms with Crippen LogP contribution in [0.3, 0.4) is 0 Å². The molecule has 0 atom stereocenters. The highest BCUT2D eigenvalue weighted by Gasteiger charge is 2.21. The molecule has 1 aliphatic rings. The molecule has 4 heteroatoms. The lowest BCUT2D eigenvalue weighted by molar-refractivity contribution is 0.190. The zero-order chi connectivity index (χ0) is 10.8. The minimum absolute atomic E-state index is 0.0386. The van der Waals surface area contributed by atoms with Crippen molar-refractivity contribution < 1.29 is 13.5 Å². The highest BCUT2D eigenvalue weighted by Crippen LogP contribution is 2.31. The van der Waals surface area contributed by atoms with E-state index in [1.165, 1.54) is 12.1 Å². The van der Waals surface area contributed by atoms with Crippen molar-refractivity contribution in [2.24, 2.45) is 0 Å². The molecule has 2 rings (SSSR count). The minimum atomic E-state index is -0.651. The summed E-state index contributed by atoms with van der Waals surface area (Å²) in [5, 5.41) is 0. The number of halogens is 3. The molecule has 0 N–H and O–H groups in total. The van der Waals surface area contributed by atoms with Crippen LogP contribution in [0, 0.1) is 11.6 Å². The molecule has 0 unspecified atom stereocenters. The molecular formula is C11H11BrF2O. The summed E-state index contributed by atoms with van der Waals surface area (Å²) in [7, 11) is 0. The predicted molar refractivity (Wildman–Crippen MR) is 56.9 cm³/mol. The number of benzene rings is 1. The van der Waals surface area contributed by atoms with Crippen molar-refractivity contribution in [3.05, 3.63) is 28.2 Å². The van der Waals surface area contributed by atoms with Crippen LogP contribution < -0.4 is 4.74 Å². The van der Waals surface area contributed by atoms with Crippen LogP contribution in [0.5, 0.6) is 5.75 Å². The first-order valence-corrected chi connectivity index (χ1v) is 5.78. The Bertz CT molecular complexity index is 362. The van der Waals surface area contributed by atoms with Crippen molar-refractivity contribution in [2.45, 2.75) is 31.8 Å². The Kier molecular flexibility index (Phi) is 3.24. The molecule has 0 saturated heterocycles. The SMILES string of the molecule is Fc1ccc(Br)c(F)c1OC1CCCC1. The third-order valence-electron chi connectivity index (χ3n) is 2.59. The molecule has 1 fully saturated rings. The molecule has 1 nitrogen and oxygen atoms in total. The normalized spacial score (nSPS) is 17.0. The van der Waals surface area contributed by atoms with Gasteiger partial charge in [-0.05, 0) is 53.7 Å². The highest BCUT2D eigenvalue weighted by molar-refractivity contribution is 9.10.